The van der Waals surface area contributed by atoms with Gasteiger partial charge >= 0.3 is 0 Å². The molecule has 1 aliphatic heterocycles. The molecule has 1 heterocycles. The van der Waals surface area contributed by atoms with E-state index in [1.807, 2.05) is 36.4 Å². The van der Waals surface area contributed by atoms with Crippen molar-refractivity contribution in [2.75, 3.05) is 44.7 Å². The Bertz CT molecular complexity index is 743. The summed E-state index contributed by atoms with van der Waals surface area (Å²) >= 11 is 2.26. The third-order valence-electron chi connectivity index (χ3n) is 4.71. The number of hydrogen-bond donors (Lipinski definition) is 1. The molecule has 6 heteroatoms. The highest BCUT2D eigenvalue weighted by Crippen LogP contribution is 2.23. The van der Waals surface area contributed by atoms with Gasteiger partial charge in [0.15, 0.2) is 0 Å². The number of carbonyl (C=O) groups is 1. The van der Waals surface area contributed by atoms with Crippen LogP contribution in [0, 0.1) is 3.57 Å². The van der Waals surface area contributed by atoms with E-state index >= 15 is 0 Å². The summed E-state index contributed by atoms with van der Waals surface area (Å²) in [5.41, 5.74) is 1.60. The van der Waals surface area contributed by atoms with Gasteiger partial charge in [-0.05, 0) is 60.0 Å². The summed E-state index contributed by atoms with van der Waals surface area (Å²) in [6.07, 6.45) is 0. The van der Waals surface area contributed by atoms with E-state index in [9.17, 15) is 9.90 Å². The maximum atomic E-state index is 13.1. The summed E-state index contributed by atoms with van der Waals surface area (Å²) in [4.78, 5) is 19.3. The number of para-hydroxylation sites is 1. The lowest BCUT2D eigenvalue weighted by Crippen LogP contribution is -2.48. The van der Waals surface area contributed by atoms with Crippen LogP contribution in [0.15, 0.2) is 48.5 Å². The molecule has 26 heavy (non-hydrogen) atoms. The number of halogens is 1. The van der Waals surface area contributed by atoms with Gasteiger partial charge in [0.05, 0.1) is 13.1 Å². The van der Waals surface area contributed by atoms with E-state index in [4.69, 9.17) is 0 Å². The van der Waals surface area contributed by atoms with Crippen LogP contribution in [0.3, 0.4) is 0 Å². The molecule has 3 rings (SSSR count). The van der Waals surface area contributed by atoms with Crippen molar-refractivity contribution in [3.8, 4) is 5.75 Å². The van der Waals surface area contributed by atoms with Gasteiger partial charge in [-0.2, -0.15) is 0 Å². The second-order valence-corrected chi connectivity index (χ2v) is 7.91. The van der Waals surface area contributed by atoms with Crippen LogP contribution in [0.25, 0.3) is 0 Å². The smallest absolute Gasteiger partial charge is 0.241 e. The monoisotopic (exact) mass is 465 g/mol. The van der Waals surface area contributed by atoms with Gasteiger partial charge in [0.2, 0.25) is 5.91 Å². The van der Waals surface area contributed by atoms with Gasteiger partial charge in [-0.1, -0.05) is 18.2 Å². The molecule has 1 aliphatic rings. The molecule has 5 nitrogen and oxygen atoms in total. The Kier molecular flexibility index (Phi) is 6.50. The van der Waals surface area contributed by atoms with E-state index in [0.717, 1.165) is 41.0 Å². The second-order valence-electron chi connectivity index (χ2n) is 6.66. The molecule has 0 spiro atoms. The first-order chi connectivity index (χ1) is 12.5. The van der Waals surface area contributed by atoms with Crippen molar-refractivity contribution in [3.63, 3.8) is 0 Å². The molecular weight excluding hydrogens is 441 g/mol. The van der Waals surface area contributed by atoms with E-state index in [2.05, 4.69) is 39.4 Å². The predicted octanol–water partition coefficient (Wildman–Crippen LogP) is 2.78. The van der Waals surface area contributed by atoms with Crippen LogP contribution in [0.5, 0.6) is 5.75 Å². The van der Waals surface area contributed by atoms with Crippen LogP contribution < -0.4 is 4.90 Å². The Labute approximate surface area is 168 Å². The highest BCUT2D eigenvalue weighted by Gasteiger charge is 2.22. The molecule has 2 aromatic rings. The molecular formula is C20H24IN3O2. The van der Waals surface area contributed by atoms with Crippen molar-refractivity contribution in [1.82, 2.24) is 9.80 Å². The first-order valence-corrected chi connectivity index (χ1v) is 9.84. The van der Waals surface area contributed by atoms with Gasteiger partial charge in [-0.3, -0.25) is 9.69 Å². The van der Waals surface area contributed by atoms with Crippen LogP contribution in [0.4, 0.5) is 5.69 Å². The molecule has 0 bridgehead atoms. The fraction of sp³-hybridized carbons (Fsp3) is 0.350. The number of likely N-dealkylation sites (N-methyl/N-ethyl adjacent to an activating group) is 1. The molecule has 0 aliphatic carbocycles. The lowest BCUT2D eigenvalue weighted by atomic mass is 10.1. The average Bonchev–Trinajstić information content (AvgIpc) is 2.64. The summed E-state index contributed by atoms with van der Waals surface area (Å²) < 4.78 is 1.13. The Morgan fingerprint density at radius 1 is 1.08 bits per heavy atom. The summed E-state index contributed by atoms with van der Waals surface area (Å²) in [5, 5.41) is 10.1. The Morgan fingerprint density at radius 2 is 1.73 bits per heavy atom. The molecule has 138 valence electrons. The number of hydrogen-bond acceptors (Lipinski definition) is 4. The summed E-state index contributed by atoms with van der Waals surface area (Å²) in [6, 6.07) is 15.1. The number of aromatic hydroxyl groups is 1. The minimum absolute atomic E-state index is 0.0546. The molecule has 1 saturated heterocycles. The molecule has 0 unspecified atom stereocenters. The molecule has 1 amide bonds. The van der Waals surface area contributed by atoms with Gasteiger partial charge in [0, 0.05) is 41.0 Å². The molecule has 0 atom stereocenters. The predicted molar refractivity (Wildman–Crippen MR) is 112 cm³/mol. The fourth-order valence-electron chi connectivity index (χ4n) is 3.04. The van der Waals surface area contributed by atoms with E-state index in [-0.39, 0.29) is 11.7 Å². The molecule has 1 N–H and O–H groups in total. The van der Waals surface area contributed by atoms with Crippen molar-refractivity contribution in [2.45, 2.75) is 6.54 Å². The zero-order valence-corrected chi connectivity index (χ0v) is 17.1. The van der Waals surface area contributed by atoms with Gasteiger partial charge in [-0.25, -0.2) is 0 Å². The quantitative estimate of drug-likeness (QED) is 0.691. The van der Waals surface area contributed by atoms with E-state index in [1.165, 1.54) is 0 Å². The maximum Gasteiger partial charge on any atom is 0.241 e. The zero-order valence-electron chi connectivity index (χ0n) is 14.9. The van der Waals surface area contributed by atoms with Crippen LogP contribution in [-0.2, 0) is 11.3 Å². The van der Waals surface area contributed by atoms with Gasteiger partial charge < -0.3 is 14.9 Å². The van der Waals surface area contributed by atoms with Gasteiger partial charge in [0.25, 0.3) is 0 Å². The molecule has 1 fully saturated rings. The SMILES string of the molecule is CN1CCN(CC(=O)N(Cc2ccccc2O)c2ccc(I)cc2)CC1. The standard InChI is InChI=1S/C20H24IN3O2/c1-22-10-12-23(13-11-22)15-20(26)24(18-8-6-17(21)7-9-18)14-16-4-2-3-5-19(16)25/h2-9,25H,10-15H2,1H3. The molecule has 2 aromatic carbocycles. The van der Waals surface area contributed by atoms with Crippen LogP contribution in [0.2, 0.25) is 0 Å². The van der Waals surface area contributed by atoms with Crippen LogP contribution in [-0.4, -0.2) is 60.6 Å². The third-order valence-corrected chi connectivity index (χ3v) is 5.43. The normalized spacial score (nSPS) is 15.8. The van der Waals surface area contributed by atoms with E-state index < -0.39 is 0 Å². The number of rotatable bonds is 5. The molecule has 0 radical (unpaired) electrons. The van der Waals surface area contributed by atoms with Crippen molar-refractivity contribution in [3.05, 3.63) is 57.7 Å². The van der Waals surface area contributed by atoms with Crippen molar-refractivity contribution in [1.29, 1.82) is 0 Å². The number of nitrogens with zero attached hydrogens (tertiary/aromatic N) is 3. The minimum Gasteiger partial charge on any atom is -0.508 e. The number of anilines is 1. The summed E-state index contributed by atoms with van der Waals surface area (Å²) in [7, 11) is 2.11. The number of phenols is 1. The highest BCUT2D eigenvalue weighted by atomic mass is 127. The van der Waals surface area contributed by atoms with Crippen molar-refractivity contribution < 1.29 is 9.90 Å². The van der Waals surface area contributed by atoms with Crippen LogP contribution in [0.1, 0.15) is 5.56 Å². The maximum absolute atomic E-state index is 13.1. The van der Waals surface area contributed by atoms with E-state index in [0.29, 0.717) is 13.1 Å². The van der Waals surface area contributed by atoms with Gasteiger partial charge in [0.1, 0.15) is 5.75 Å². The zero-order chi connectivity index (χ0) is 18.5. The number of benzene rings is 2. The largest absolute Gasteiger partial charge is 0.508 e. The Morgan fingerprint density at radius 3 is 2.38 bits per heavy atom. The number of piperazine rings is 1. The van der Waals surface area contributed by atoms with Gasteiger partial charge in [-0.15, -0.1) is 0 Å². The second kappa shape index (κ2) is 8.83. The fourth-order valence-corrected chi connectivity index (χ4v) is 3.40. The number of carbonyl (C=O) groups excluding carboxylic acids is 1. The lowest BCUT2D eigenvalue weighted by molar-refractivity contribution is -0.120. The molecule has 0 aromatic heterocycles. The number of phenolic OH excluding ortho intramolecular Hbond substituents is 1. The van der Waals surface area contributed by atoms with Crippen molar-refractivity contribution >= 4 is 34.2 Å². The highest BCUT2D eigenvalue weighted by molar-refractivity contribution is 14.1. The first-order valence-electron chi connectivity index (χ1n) is 8.76. The lowest BCUT2D eigenvalue weighted by Gasteiger charge is -2.33. The van der Waals surface area contributed by atoms with Crippen molar-refractivity contribution in [2.24, 2.45) is 0 Å². The Hall–Kier alpha value is -1.64. The third kappa shape index (κ3) is 4.96. The number of amides is 1. The Balaban J connectivity index is 1.79. The van der Waals surface area contributed by atoms with E-state index in [1.54, 1.807) is 17.0 Å². The molecule has 0 saturated carbocycles. The van der Waals surface area contributed by atoms with Crippen LogP contribution >= 0.6 is 22.6 Å². The first kappa shape index (κ1) is 19.1. The summed E-state index contributed by atoms with van der Waals surface area (Å²) in [5.74, 6) is 0.273. The topological polar surface area (TPSA) is 47.0 Å². The minimum atomic E-state index is 0.0546. The average molecular weight is 465 g/mol. The summed E-state index contributed by atoms with van der Waals surface area (Å²) in [6.45, 7) is 4.53.